The Morgan fingerprint density at radius 1 is 1.00 bits per heavy atom. The lowest BCUT2D eigenvalue weighted by Gasteiger charge is -2.20. The number of rotatable bonds is 3. The fraction of sp³-hybridized carbons (Fsp3) is 0.381. The van der Waals surface area contributed by atoms with E-state index in [0.717, 1.165) is 24.1 Å². The van der Waals surface area contributed by atoms with E-state index < -0.39 is 0 Å². The average molecular weight is 348 g/mol. The second-order valence-corrected chi connectivity index (χ2v) is 7.01. The van der Waals surface area contributed by atoms with Crippen LogP contribution in [0.5, 0.6) is 0 Å². The molecule has 1 aliphatic rings. The molecule has 2 heterocycles. The standard InChI is InChI=1S/C21H24N4O/c26-21(24-17-11-7-2-1-3-8-12-17)18-15-23-25-19(13-14-22-20(18)25)16-9-5-4-6-10-16/h4-6,9-10,13-15,17H,1-3,7-8,11-12H2,(H,24,26). The Labute approximate surface area is 153 Å². The Balaban J connectivity index is 1.60. The largest absolute Gasteiger partial charge is 0.349 e. The zero-order valence-corrected chi connectivity index (χ0v) is 14.9. The van der Waals surface area contributed by atoms with Gasteiger partial charge in [0.15, 0.2) is 5.65 Å². The number of nitrogens with zero attached hydrogens (tertiary/aromatic N) is 3. The van der Waals surface area contributed by atoms with E-state index in [1.54, 1.807) is 16.9 Å². The molecule has 0 spiro atoms. The Kier molecular flexibility index (Phi) is 4.95. The molecule has 1 amide bonds. The van der Waals surface area contributed by atoms with E-state index in [2.05, 4.69) is 15.4 Å². The van der Waals surface area contributed by atoms with Crippen molar-refractivity contribution in [3.05, 3.63) is 54.4 Å². The summed E-state index contributed by atoms with van der Waals surface area (Å²) in [5.74, 6) is -0.0664. The van der Waals surface area contributed by atoms with Crippen molar-refractivity contribution in [1.82, 2.24) is 19.9 Å². The maximum absolute atomic E-state index is 12.8. The van der Waals surface area contributed by atoms with Crippen molar-refractivity contribution in [3.63, 3.8) is 0 Å². The number of hydrogen-bond donors (Lipinski definition) is 1. The van der Waals surface area contributed by atoms with E-state index >= 15 is 0 Å². The van der Waals surface area contributed by atoms with Gasteiger partial charge in [-0.1, -0.05) is 62.4 Å². The van der Waals surface area contributed by atoms with Crippen LogP contribution in [0.3, 0.4) is 0 Å². The number of fused-ring (bicyclic) bond motifs is 1. The van der Waals surface area contributed by atoms with Crippen LogP contribution in [-0.4, -0.2) is 26.5 Å². The molecule has 0 atom stereocenters. The Morgan fingerprint density at radius 3 is 2.50 bits per heavy atom. The van der Waals surface area contributed by atoms with Gasteiger partial charge in [-0.2, -0.15) is 5.10 Å². The fourth-order valence-corrected chi connectivity index (χ4v) is 3.74. The highest BCUT2D eigenvalue weighted by Gasteiger charge is 2.19. The second-order valence-electron chi connectivity index (χ2n) is 7.01. The zero-order valence-electron chi connectivity index (χ0n) is 14.9. The minimum absolute atomic E-state index is 0.0664. The van der Waals surface area contributed by atoms with Crippen molar-refractivity contribution in [1.29, 1.82) is 0 Å². The third-order valence-electron chi connectivity index (χ3n) is 5.16. The SMILES string of the molecule is O=C(NC1CCCCCCC1)c1cnn2c(-c3ccccc3)ccnc12. The van der Waals surface area contributed by atoms with Gasteiger partial charge in [0.1, 0.15) is 5.56 Å². The van der Waals surface area contributed by atoms with E-state index in [0.29, 0.717) is 11.2 Å². The molecule has 1 aliphatic carbocycles. The molecule has 1 aromatic carbocycles. The van der Waals surface area contributed by atoms with Gasteiger partial charge in [0, 0.05) is 17.8 Å². The third kappa shape index (κ3) is 3.47. The Morgan fingerprint density at radius 2 is 1.73 bits per heavy atom. The van der Waals surface area contributed by atoms with Crippen molar-refractivity contribution in [3.8, 4) is 11.3 Å². The first kappa shape index (κ1) is 16.8. The van der Waals surface area contributed by atoms with Gasteiger partial charge in [-0.15, -0.1) is 0 Å². The van der Waals surface area contributed by atoms with Crippen LogP contribution in [0.15, 0.2) is 48.8 Å². The molecule has 1 N–H and O–H groups in total. The zero-order chi connectivity index (χ0) is 17.8. The van der Waals surface area contributed by atoms with Crippen molar-refractivity contribution < 1.29 is 4.79 Å². The minimum atomic E-state index is -0.0664. The van der Waals surface area contributed by atoms with Gasteiger partial charge in [-0.3, -0.25) is 4.79 Å². The number of carbonyl (C=O) groups excluding carboxylic acids is 1. The molecular weight excluding hydrogens is 324 g/mol. The summed E-state index contributed by atoms with van der Waals surface area (Å²) in [4.78, 5) is 17.2. The summed E-state index contributed by atoms with van der Waals surface area (Å²) in [7, 11) is 0. The van der Waals surface area contributed by atoms with Crippen LogP contribution in [0, 0.1) is 0 Å². The van der Waals surface area contributed by atoms with Crippen molar-refractivity contribution in [2.45, 2.75) is 51.0 Å². The molecule has 2 aromatic heterocycles. The summed E-state index contributed by atoms with van der Waals surface area (Å²) in [5, 5.41) is 7.64. The van der Waals surface area contributed by atoms with Gasteiger partial charge in [0.05, 0.1) is 11.9 Å². The molecule has 5 nitrogen and oxygen atoms in total. The van der Waals surface area contributed by atoms with Crippen molar-refractivity contribution in [2.75, 3.05) is 0 Å². The van der Waals surface area contributed by atoms with Crippen LogP contribution in [0.25, 0.3) is 16.9 Å². The second kappa shape index (κ2) is 7.68. The lowest BCUT2D eigenvalue weighted by atomic mass is 9.96. The van der Waals surface area contributed by atoms with Gasteiger partial charge in [0.25, 0.3) is 5.91 Å². The van der Waals surface area contributed by atoms with Crippen LogP contribution in [0.1, 0.15) is 55.3 Å². The topological polar surface area (TPSA) is 59.3 Å². The van der Waals surface area contributed by atoms with E-state index in [-0.39, 0.29) is 11.9 Å². The van der Waals surface area contributed by atoms with Gasteiger partial charge in [-0.25, -0.2) is 9.50 Å². The van der Waals surface area contributed by atoms with Gasteiger partial charge in [0.2, 0.25) is 0 Å². The molecule has 0 radical (unpaired) electrons. The number of aromatic nitrogens is 3. The molecule has 0 saturated heterocycles. The average Bonchev–Trinajstić information content (AvgIpc) is 3.09. The van der Waals surface area contributed by atoms with Gasteiger partial charge < -0.3 is 5.32 Å². The molecule has 0 unspecified atom stereocenters. The minimum Gasteiger partial charge on any atom is -0.349 e. The number of amides is 1. The molecule has 3 aromatic rings. The van der Waals surface area contributed by atoms with Crippen LogP contribution in [0.4, 0.5) is 0 Å². The predicted octanol–water partition coefficient (Wildman–Crippen LogP) is 4.24. The van der Waals surface area contributed by atoms with Crippen molar-refractivity contribution >= 4 is 11.6 Å². The van der Waals surface area contributed by atoms with E-state index in [9.17, 15) is 4.79 Å². The van der Waals surface area contributed by atoms with Crippen LogP contribution in [0.2, 0.25) is 0 Å². The van der Waals surface area contributed by atoms with Crippen LogP contribution < -0.4 is 5.32 Å². The van der Waals surface area contributed by atoms with E-state index in [4.69, 9.17) is 0 Å². The summed E-state index contributed by atoms with van der Waals surface area (Å²) in [6.45, 7) is 0. The third-order valence-corrected chi connectivity index (χ3v) is 5.16. The highest BCUT2D eigenvalue weighted by Crippen LogP contribution is 2.21. The number of benzene rings is 1. The molecule has 0 aliphatic heterocycles. The molecule has 134 valence electrons. The lowest BCUT2D eigenvalue weighted by Crippen LogP contribution is -2.35. The highest BCUT2D eigenvalue weighted by atomic mass is 16.1. The summed E-state index contributed by atoms with van der Waals surface area (Å²) in [6.07, 6.45) is 11.7. The summed E-state index contributed by atoms with van der Waals surface area (Å²) < 4.78 is 1.75. The maximum atomic E-state index is 12.8. The van der Waals surface area contributed by atoms with Crippen LogP contribution >= 0.6 is 0 Å². The van der Waals surface area contributed by atoms with E-state index in [1.807, 2.05) is 36.4 Å². The highest BCUT2D eigenvalue weighted by molar-refractivity contribution is 6.00. The molecule has 1 saturated carbocycles. The first-order chi connectivity index (χ1) is 12.8. The van der Waals surface area contributed by atoms with E-state index in [1.165, 1.54) is 32.1 Å². The Bertz CT molecular complexity index is 879. The summed E-state index contributed by atoms with van der Waals surface area (Å²) in [5.41, 5.74) is 3.13. The monoisotopic (exact) mass is 348 g/mol. The molecule has 5 heteroatoms. The normalized spacial score (nSPS) is 16.2. The molecule has 0 bridgehead atoms. The van der Waals surface area contributed by atoms with Gasteiger partial charge in [-0.05, 0) is 18.9 Å². The van der Waals surface area contributed by atoms with Crippen molar-refractivity contribution in [2.24, 2.45) is 0 Å². The van der Waals surface area contributed by atoms with Gasteiger partial charge >= 0.3 is 0 Å². The summed E-state index contributed by atoms with van der Waals surface area (Å²) >= 11 is 0. The molecular formula is C21H24N4O. The Hall–Kier alpha value is -2.69. The summed E-state index contributed by atoms with van der Waals surface area (Å²) in [6, 6.07) is 12.2. The maximum Gasteiger partial charge on any atom is 0.256 e. The van der Waals surface area contributed by atoms with Crippen LogP contribution in [-0.2, 0) is 0 Å². The predicted molar refractivity (Wildman–Crippen MR) is 102 cm³/mol. The smallest absolute Gasteiger partial charge is 0.256 e. The fourth-order valence-electron chi connectivity index (χ4n) is 3.74. The first-order valence-corrected chi connectivity index (χ1v) is 9.52. The molecule has 1 fully saturated rings. The quantitative estimate of drug-likeness (QED) is 0.770. The number of carbonyl (C=O) groups is 1. The molecule has 4 rings (SSSR count). The first-order valence-electron chi connectivity index (χ1n) is 9.52. The number of nitrogens with one attached hydrogen (secondary N) is 1. The number of hydrogen-bond acceptors (Lipinski definition) is 3. The lowest BCUT2D eigenvalue weighted by molar-refractivity contribution is 0.0932. The molecule has 26 heavy (non-hydrogen) atoms.